The van der Waals surface area contributed by atoms with E-state index in [2.05, 4.69) is 5.32 Å². The molecule has 0 fully saturated rings. The molecular formula is C22H19FN2O3. The highest BCUT2D eigenvalue weighted by atomic mass is 19.1. The lowest BCUT2D eigenvalue weighted by molar-refractivity contribution is -0.0264. The number of hydrogen-bond acceptors (Lipinski definition) is 3. The molecule has 0 bridgehead atoms. The summed E-state index contributed by atoms with van der Waals surface area (Å²) >= 11 is 0. The van der Waals surface area contributed by atoms with Crippen molar-refractivity contribution in [3.05, 3.63) is 96.3 Å². The minimum atomic E-state index is -0.650. The first kappa shape index (κ1) is 19.1. The highest BCUT2D eigenvalue weighted by Crippen LogP contribution is 2.25. The summed E-state index contributed by atoms with van der Waals surface area (Å²) < 4.78 is 19.5. The number of nitrogens with zero attached hydrogens (tertiary/aromatic N) is 1. The molecule has 0 unspecified atom stereocenters. The molecule has 5 nitrogen and oxygen atoms in total. The van der Waals surface area contributed by atoms with Gasteiger partial charge in [-0.1, -0.05) is 54.6 Å². The van der Waals surface area contributed by atoms with Crippen LogP contribution in [0.3, 0.4) is 0 Å². The Hall–Kier alpha value is -3.64. The third kappa shape index (κ3) is 5.43. The maximum Gasteiger partial charge on any atom is 0.345 e. The summed E-state index contributed by atoms with van der Waals surface area (Å²) in [7, 11) is 0. The molecule has 3 aromatic rings. The van der Waals surface area contributed by atoms with E-state index < -0.39 is 11.8 Å². The van der Waals surface area contributed by atoms with Gasteiger partial charge in [0, 0.05) is 5.69 Å². The molecule has 28 heavy (non-hydrogen) atoms. The number of hydroxylamine groups is 2. The standard InChI is InChI=1S/C22H19FN2O3/c23-20-14-13-17(16-21(20)28-19-11-5-2-6-12-19)8-7-15-25(27)22(26)24-18-9-3-1-4-10-18/h1-14,16,27H,15H2,(H,24,26)/b8-7+. The summed E-state index contributed by atoms with van der Waals surface area (Å²) in [6, 6.07) is 21.5. The van der Waals surface area contributed by atoms with Crippen molar-refractivity contribution >= 4 is 17.8 Å². The number of carbonyl (C=O) groups excluding carboxylic acids is 1. The van der Waals surface area contributed by atoms with E-state index in [0.29, 0.717) is 22.1 Å². The number of halogens is 1. The molecule has 0 aliphatic carbocycles. The van der Waals surface area contributed by atoms with Gasteiger partial charge in [0.25, 0.3) is 0 Å². The van der Waals surface area contributed by atoms with Crippen molar-refractivity contribution in [1.29, 1.82) is 0 Å². The number of anilines is 1. The molecule has 0 saturated heterocycles. The van der Waals surface area contributed by atoms with E-state index in [1.807, 2.05) is 12.1 Å². The van der Waals surface area contributed by atoms with Crippen molar-refractivity contribution < 1.29 is 19.1 Å². The zero-order valence-electron chi connectivity index (χ0n) is 15.0. The van der Waals surface area contributed by atoms with Gasteiger partial charge in [-0.15, -0.1) is 0 Å². The highest BCUT2D eigenvalue weighted by molar-refractivity contribution is 5.88. The number of carbonyl (C=O) groups is 1. The van der Waals surface area contributed by atoms with E-state index in [1.54, 1.807) is 72.8 Å². The monoisotopic (exact) mass is 378 g/mol. The van der Waals surface area contributed by atoms with Crippen molar-refractivity contribution in [3.63, 3.8) is 0 Å². The normalized spacial score (nSPS) is 10.6. The second-order valence-corrected chi connectivity index (χ2v) is 5.89. The maximum absolute atomic E-state index is 14.0. The van der Waals surface area contributed by atoms with Crippen LogP contribution in [0.5, 0.6) is 11.5 Å². The lowest BCUT2D eigenvalue weighted by Crippen LogP contribution is -2.31. The molecular weight excluding hydrogens is 359 g/mol. The summed E-state index contributed by atoms with van der Waals surface area (Å²) in [6.07, 6.45) is 3.25. The molecule has 3 aromatic carbocycles. The Morgan fingerprint density at radius 3 is 2.43 bits per heavy atom. The zero-order valence-corrected chi connectivity index (χ0v) is 15.0. The first-order valence-electron chi connectivity index (χ1n) is 8.63. The molecule has 6 heteroatoms. The highest BCUT2D eigenvalue weighted by Gasteiger charge is 2.09. The van der Waals surface area contributed by atoms with Crippen LogP contribution in [-0.4, -0.2) is 22.8 Å². The molecule has 142 valence electrons. The van der Waals surface area contributed by atoms with Crippen LogP contribution in [0.25, 0.3) is 6.08 Å². The van der Waals surface area contributed by atoms with Crippen molar-refractivity contribution in [2.24, 2.45) is 0 Å². The summed E-state index contributed by atoms with van der Waals surface area (Å²) in [4.78, 5) is 11.9. The molecule has 0 aliphatic rings. The summed E-state index contributed by atoms with van der Waals surface area (Å²) in [5, 5.41) is 13.0. The molecule has 2 N–H and O–H groups in total. The Bertz CT molecular complexity index is 947. The van der Waals surface area contributed by atoms with Gasteiger partial charge in [0.2, 0.25) is 0 Å². The fraction of sp³-hybridized carbons (Fsp3) is 0.0455. The lowest BCUT2D eigenvalue weighted by Gasteiger charge is -2.13. The Balaban J connectivity index is 1.59. The van der Waals surface area contributed by atoms with Crippen LogP contribution in [0.1, 0.15) is 5.56 Å². The number of para-hydroxylation sites is 2. The SMILES string of the molecule is O=C(Nc1ccccc1)N(O)C/C=C/c1ccc(F)c(Oc2ccccc2)c1. The average Bonchev–Trinajstić information content (AvgIpc) is 2.72. The van der Waals surface area contributed by atoms with E-state index in [1.165, 1.54) is 6.07 Å². The number of rotatable bonds is 6. The Morgan fingerprint density at radius 2 is 1.71 bits per heavy atom. The van der Waals surface area contributed by atoms with Gasteiger partial charge in [0.15, 0.2) is 11.6 Å². The Labute approximate surface area is 162 Å². The fourth-order valence-electron chi connectivity index (χ4n) is 2.40. The molecule has 0 aromatic heterocycles. The predicted octanol–water partition coefficient (Wildman–Crippen LogP) is 5.55. The Kier molecular flexibility index (Phi) is 6.38. The van der Waals surface area contributed by atoms with Crippen molar-refractivity contribution in [2.75, 3.05) is 11.9 Å². The van der Waals surface area contributed by atoms with Crippen LogP contribution in [0.4, 0.5) is 14.9 Å². The number of ether oxygens (including phenoxy) is 1. The lowest BCUT2D eigenvalue weighted by atomic mass is 10.2. The van der Waals surface area contributed by atoms with Gasteiger partial charge < -0.3 is 10.1 Å². The minimum Gasteiger partial charge on any atom is -0.454 e. The van der Waals surface area contributed by atoms with E-state index in [0.717, 1.165) is 0 Å². The quantitative estimate of drug-likeness (QED) is 0.436. The van der Waals surface area contributed by atoms with Crippen molar-refractivity contribution in [3.8, 4) is 11.5 Å². The average molecular weight is 378 g/mol. The van der Waals surface area contributed by atoms with Gasteiger partial charge in [-0.25, -0.2) is 14.2 Å². The van der Waals surface area contributed by atoms with Crippen molar-refractivity contribution in [2.45, 2.75) is 0 Å². The second-order valence-electron chi connectivity index (χ2n) is 5.89. The largest absolute Gasteiger partial charge is 0.454 e. The van der Waals surface area contributed by atoms with Crippen molar-refractivity contribution in [1.82, 2.24) is 5.06 Å². The molecule has 2 amide bonds. The van der Waals surface area contributed by atoms with E-state index in [-0.39, 0.29) is 12.3 Å². The van der Waals surface area contributed by atoms with Crippen LogP contribution in [0.2, 0.25) is 0 Å². The fourth-order valence-corrected chi connectivity index (χ4v) is 2.40. The molecule has 0 aliphatic heterocycles. The second kappa shape index (κ2) is 9.34. The summed E-state index contributed by atoms with van der Waals surface area (Å²) in [5.41, 5.74) is 1.25. The molecule has 3 rings (SSSR count). The maximum atomic E-state index is 14.0. The molecule has 0 heterocycles. The summed E-state index contributed by atoms with van der Waals surface area (Å²) in [6.45, 7) is -0.0368. The number of hydrogen-bond donors (Lipinski definition) is 2. The van der Waals surface area contributed by atoms with Gasteiger partial charge in [0.1, 0.15) is 5.75 Å². The van der Waals surface area contributed by atoms with Crippen LogP contribution in [0.15, 0.2) is 84.9 Å². The first-order chi connectivity index (χ1) is 13.6. The topological polar surface area (TPSA) is 61.8 Å². The zero-order chi connectivity index (χ0) is 19.8. The summed E-state index contributed by atoms with van der Waals surface area (Å²) in [5.74, 6) is 0.143. The molecule has 0 saturated carbocycles. The number of amides is 2. The number of benzene rings is 3. The van der Waals surface area contributed by atoms with Crippen LogP contribution in [-0.2, 0) is 0 Å². The minimum absolute atomic E-state index is 0.0368. The number of nitrogens with one attached hydrogen (secondary N) is 1. The first-order valence-corrected chi connectivity index (χ1v) is 8.63. The van der Waals surface area contributed by atoms with Crippen LogP contribution < -0.4 is 10.1 Å². The Morgan fingerprint density at radius 1 is 1.04 bits per heavy atom. The predicted molar refractivity (Wildman–Crippen MR) is 106 cm³/mol. The molecule has 0 atom stereocenters. The van der Waals surface area contributed by atoms with Gasteiger partial charge in [-0.2, -0.15) is 0 Å². The third-order valence-electron chi connectivity index (χ3n) is 3.77. The van der Waals surface area contributed by atoms with Gasteiger partial charge >= 0.3 is 6.03 Å². The molecule has 0 spiro atoms. The van der Waals surface area contributed by atoms with Crippen LogP contribution >= 0.6 is 0 Å². The smallest absolute Gasteiger partial charge is 0.345 e. The van der Waals surface area contributed by atoms with E-state index in [9.17, 15) is 14.4 Å². The van der Waals surface area contributed by atoms with Gasteiger partial charge in [-0.3, -0.25) is 5.21 Å². The number of urea groups is 1. The third-order valence-corrected chi connectivity index (χ3v) is 3.77. The van der Waals surface area contributed by atoms with Gasteiger partial charge in [-0.05, 0) is 42.0 Å². The van der Waals surface area contributed by atoms with Gasteiger partial charge in [0.05, 0.1) is 6.54 Å². The van der Waals surface area contributed by atoms with E-state index in [4.69, 9.17) is 4.74 Å². The van der Waals surface area contributed by atoms with Crippen LogP contribution in [0, 0.1) is 5.82 Å². The van der Waals surface area contributed by atoms with E-state index >= 15 is 0 Å². The molecule has 0 radical (unpaired) electrons.